The van der Waals surface area contributed by atoms with Gasteiger partial charge in [-0.1, -0.05) is 13.8 Å². The third kappa shape index (κ3) is 1.82. The molecule has 0 saturated heterocycles. The first-order chi connectivity index (χ1) is 11.2. The molecule has 5 heteroatoms. The second kappa shape index (κ2) is 5.03. The lowest BCUT2D eigenvalue weighted by molar-refractivity contribution is -0.609. The van der Waals surface area contributed by atoms with Crippen molar-refractivity contribution in [3.63, 3.8) is 0 Å². The SMILES string of the molecule is C[C@]12CC[C@@H]3[C@@H](CCC4([N+](=O)[O-])CC(O)CC[C@]34C)[C@@H]1CCC2=O. The van der Waals surface area contributed by atoms with Crippen LogP contribution in [0.25, 0.3) is 0 Å². The quantitative estimate of drug-likeness (QED) is 0.588. The van der Waals surface area contributed by atoms with Gasteiger partial charge in [0.15, 0.2) is 0 Å². The van der Waals surface area contributed by atoms with E-state index >= 15 is 0 Å². The van der Waals surface area contributed by atoms with Crippen LogP contribution in [0.5, 0.6) is 0 Å². The van der Waals surface area contributed by atoms with Crippen molar-refractivity contribution in [2.45, 2.75) is 83.3 Å². The van der Waals surface area contributed by atoms with Crippen molar-refractivity contribution >= 4 is 5.78 Å². The predicted octanol–water partition coefficient (Wildman–Crippen LogP) is 3.36. The number of ketones is 1. The van der Waals surface area contributed by atoms with Crippen LogP contribution in [0, 0.1) is 38.7 Å². The molecule has 0 aromatic heterocycles. The van der Waals surface area contributed by atoms with E-state index in [9.17, 15) is 20.0 Å². The Hall–Kier alpha value is -0.970. The molecule has 0 bridgehead atoms. The number of aliphatic hydroxyl groups excluding tert-OH is 1. The molecule has 7 atom stereocenters. The van der Waals surface area contributed by atoms with Crippen molar-refractivity contribution in [2.75, 3.05) is 0 Å². The average Bonchev–Trinajstić information content (AvgIpc) is 2.83. The molecule has 4 rings (SSSR count). The van der Waals surface area contributed by atoms with E-state index in [4.69, 9.17) is 0 Å². The summed E-state index contributed by atoms with van der Waals surface area (Å²) in [5, 5.41) is 22.3. The predicted molar refractivity (Wildman–Crippen MR) is 89.0 cm³/mol. The van der Waals surface area contributed by atoms with Gasteiger partial charge in [0.1, 0.15) is 5.78 Å². The fourth-order valence-electron chi connectivity index (χ4n) is 7.37. The summed E-state index contributed by atoms with van der Waals surface area (Å²) in [5.41, 5.74) is -1.49. The largest absolute Gasteiger partial charge is 0.393 e. The lowest BCUT2D eigenvalue weighted by Gasteiger charge is -2.60. The van der Waals surface area contributed by atoms with Gasteiger partial charge in [-0.15, -0.1) is 0 Å². The van der Waals surface area contributed by atoms with E-state index in [1.165, 1.54) is 0 Å². The van der Waals surface area contributed by atoms with E-state index in [0.717, 1.165) is 32.1 Å². The summed E-state index contributed by atoms with van der Waals surface area (Å²) in [6.45, 7) is 4.27. The Morgan fingerprint density at radius 2 is 1.83 bits per heavy atom. The molecule has 0 aliphatic heterocycles. The number of Topliss-reactive ketones (excluding diaryl/α,β-unsaturated/α-hetero) is 1. The maximum absolute atomic E-state index is 12.4. The molecular weight excluding hydrogens is 306 g/mol. The standard InChI is InChI=1S/C19H29NO4/c1-17-8-7-15-13(14(17)3-4-16(17)22)6-10-19(20(23)24)11-12(21)5-9-18(15,19)2/h12-15,21H,3-11H2,1-2H3/t12?,13-,14-,15+,17-,18+,19?/m0/s1. The maximum atomic E-state index is 12.4. The van der Waals surface area contributed by atoms with Gasteiger partial charge in [0.2, 0.25) is 5.54 Å². The molecule has 5 nitrogen and oxygen atoms in total. The third-order valence-electron chi connectivity index (χ3n) is 8.84. The minimum Gasteiger partial charge on any atom is -0.393 e. The van der Waals surface area contributed by atoms with Gasteiger partial charge >= 0.3 is 0 Å². The van der Waals surface area contributed by atoms with Crippen LogP contribution in [0.1, 0.15) is 71.6 Å². The summed E-state index contributed by atoms with van der Waals surface area (Å²) in [7, 11) is 0. The molecule has 2 unspecified atom stereocenters. The zero-order valence-corrected chi connectivity index (χ0v) is 14.8. The Morgan fingerprint density at radius 3 is 2.54 bits per heavy atom. The van der Waals surface area contributed by atoms with Crippen LogP contribution in [-0.4, -0.2) is 27.5 Å². The molecule has 4 aliphatic carbocycles. The summed E-state index contributed by atoms with van der Waals surface area (Å²) in [6, 6.07) is 0. The van der Waals surface area contributed by atoms with Crippen LogP contribution in [0.15, 0.2) is 0 Å². The number of fused-ring (bicyclic) bond motifs is 5. The first-order valence-electron chi connectivity index (χ1n) is 9.60. The van der Waals surface area contributed by atoms with Crippen molar-refractivity contribution in [3.05, 3.63) is 10.1 Å². The van der Waals surface area contributed by atoms with E-state index < -0.39 is 11.6 Å². The molecule has 4 aliphatic rings. The van der Waals surface area contributed by atoms with Crippen LogP contribution in [0.3, 0.4) is 0 Å². The van der Waals surface area contributed by atoms with Crippen molar-refractivity contribution in [2.24, 2.45) is 28.6 Å². The number of hydrogen-bond donors (Lipinski definition) is 1. The highest BCUT2D eigenvalue weighted by atomic mass is 16.6. The minimum atomic E-state index is -0.970. The van der Waals surface area contributed by atoms with E-state index in [1.54, 1.807) is 0 Å². The lowest BCUT2D eigenvalue weighted by atomic mass is 9.43. The Kier molecular flexibility index (Phi) is 3.45. The normalized spacial score (nSPS) is 53.9. The molecule has 4 fully saturated rings. The number of nitro groups is 1. The van der Waals surface area contributed by atoms with Gasteiger partial charge in [0.25, 0.3) is 0 Å². The number of hydrogen-bond acceptors (Lipinski definition) is 4. The molecule has 134 valence electrons. The van der Waals surface area contributed by atoms with Gasteiger partial charge in [-0.05, 0) is 56.3 Å². The van der Waals surface area contributed by atoms with Gasteiger partial charge in [0.05, 0.1) is 6.10 Å². The van der Waals surface area contributed by atoms with Crippen molar-refractivity contribution < 1.29 is 14.8 Å². The summed E-state index contributed by atoms with van der Waals surface area (Å²) in [5.74, 6) is 1.61. The number of aliphatic hydroxyl groups is 1. The molecule has 0 aromatic carbocycles. The number of carbonyl (C=O) groups is 1. The molecular formula is C19H29NO4. The highest BCUT2D eigenvalue weighted by Gasteiger charge is 2.70. The van der Waals surface area contributed by atoms with Crippen molar-refractivity contribution in [1.29, 1.82) is 0 Å². The van der Waals surface area contributed by atoms with Crippen LogP contribution in [0.2, 0.25) is 0 Å². The van der Waals surface area contributed by atoms with E-state index in [-0.39, 0.29) is 15.8 Å². The topological polar surface area (TPSA) is 80.4 Å². The van der Waals surface area contributed by atoms with Gasteiger partial charge in [-0.2, -0.15) is 0 Å². The first-order valence-corrected chi connectivity index (χ1v) is 9.60. The second-order valence-corrected chi connectivity index (χ2v) is 9.44. The smallest absolute Gasteiger partial charge is 0.230 e. The van der Waals surface area contributed by atoms with Gasteiger partial charge in [0, 0.05) is 35.0 Å². The Bertz CT molecular complexity index is 592. The highest BCUT2D eigenvalue weighted by molar-refractivity contribution is 5.87. The Labute approximate surface area is 143 Å². The van der Waals surface area contributed by atoms with E-state index in [2.05, 4.69) is 13.8 Å². The highest BCUT2D eigenvalue weighted by Crippen LogP contribution is 2.67. The monoisotopic (exact) mass is 335 g/mol. The summed E-state index contributed by atoms with van der Waals surface area (Å²) in [4.78, 5) is 24.5. The number of rotatable bonds is 1. The van der Waals surface area contributed by atoms with Gasteiger partial charge in [-0.25, -0.2) is 0 Å². The molecule has 24 heavy (non-hydrogen) atoms. The molecule has 1 N–H and O–H groups in total. The lowest BCUT2D eigenvalue weighted by Crippen LogP contribution is -2.66. The van der Waals surface area contributed by atoms with E-state index in [0.29, 0.717) is 49.2 Å². The zero-order valence-electron chi connectivity index (χ0n) is 14.8. The van der Waals surface area contributed by atoms with Gasteiger partial charge in [-0.3, -0.25) is 14.9 Å². The molecule has 4 saturated carbocycles. The molecule has 0 amide bonds. The summed E-state index contributed by atoms with van der Waals surface area (Å²) in [6.07, 6.45) is 6.10. The second-order valence-electron chi connectivity index (χ2n) is 9.44. The van der Waals surface area contributed by atoms with Crippen LogP contribution < -0.4 is 0 Å². The number of nitrogens with zero attached hydrogens (tertiary/aromatic N) is 1. The average molecular weight is 335 g/mol. The Morgan fingerprint density at radius 1 is 1.08 bits per heavy atom. The zero-order chi connectivity index (χ0) is 17.3. The summed E-state index contributed by atoms with van der Waals surface area (Å²) < 4.78 is 0. The van der Waals surface area contributed by atoms with Crippen LogP contribution in [0.4, 0.5) is 0 Å². The fourth-order valence-corrected chi connectivity index (χ4v) is 7.37. The van der Waals surface area contributed by atoms with Crippen molar-refractivity contribution in [3.8, 4) is 0 Å². The third-order valence-corrected chi connectivity index (χ3v) is 8.84. The Balaban J connectivity index is 1.73. The van der Waals surface area contributed by atoms with Crippen LogP contribution in [-0.2, 0) is 4.79 Å². The molecule has 0 heterocycles. The number of carbonyl (C=O) groups excluding carboxylic acids is 1. The molecule has 0 aromatic rings. The first kappa shape index (κ1) is 16.5. The molecule has 0 spiro atoms. The van der Waals surface area contributed by atoms with Gasteiger partial charge < -0.3 is 5.11 Å². The minimum absolute atomic E-state index is 0.0563. The summed E-state index contributed by atoms with van der Waals surface area (Å²) >= 11 is 0. The van der Waals surface area contributed by atoms with E-state index in [1.807, 2.05) is 0 Å². The molecule has 0 radical (unpaired) electrons. The van der Waals surface area contributed by atoms with Crippen molar-refractivity contribution in [1.82, 2.24) is 0 Å². The maximum Gasteiger partial charge on any atom is 0.230 e. The van der Waals surface area contributed by atoms with Crippen LogP contribution >= 0.6 is 0 Å². The fraction of sp³-hybridized carbons (Fsp3) is 0.947.